The third-order valence-corrected chi connectivity index (χ3v) is 5.55. The zero-order chi connectivity index (χ0) is 18.0. The van der Waals surface area contributed by atoms with E-state index in [1.807, 2.05) is 0 Å². The van der Waals surface area contributed by atoms with E-state index in [1.165, 1.54) is 43.2 Å². The van der Waals surface area contributed by atoms with Gasteiger partial charge in [0.2, 0.25) is 0 Å². The Morgan fingerprint density at radius 2 is 1.54 bits per heavy atom. The highest BCUT2D eigenvalue weighted by atomic mass is 31.2. The molecule has 0 saturated carbocycles. The van der Waals surface area contributed by atoms with Crippen molar-refractivity contribution in [3.63, 3.8) is 0 Å². The van der Waals surface area contributed by atoms with Crippen LogP contribution in [0.15, 0.2) is 24.3 Å². The molecule has 0 saturated heterocycles. The van der Waals surface area contributed by atoms with Crippen LogP contribution in [0.2, 0.25) is 0 Å². The fraction of sp³-hybridized carbons (Fsp3) is 0.632. The molecule has 2 atom stereocenters. The standard InChI is InChI=1S/C19H34NO3P/c1-3-4-5-6-7-8-16-9-11-17(12-10-16)13-14-18(20)15-19(21)24(2,22)23/h9-12,18-19,21-23H,2-8,13-15,20H2,1H3/t18-,19?/m1/s1. The van der Waals surface area contributed by atoms with Gasteiger partial charge in [0.25, 0.3) is 0 Å². The summed E-state index contributed by atoms with van der Waals surface area (Å²) in [7, 11) is -3.46. The summed E-state index contributed by atoms with van der Waals surface area (Å²) >= 11 is 0. The lowest BCUT2D eigenvalue weighted by molar-refractivity contribution is 0.205. The van der Waals surface area contributed by atoms with Crippen LogP contribution in [0, 0.1) is 0 Å². The topological polar surface area (TPSA) is 86.7 Å². The molecule has 5 N–H and O–H groups in total. The SMILES string of the molecule is C=P(O)(O)C(O)C[C@H](N)CCc1ccc(CCCCCCC)cc1. The predicted octanol–water partition coefficient (Wildman–Crippen LogP) is 3.43. The van der Waals surface area contributed by atoms with Gasteiger partial charge < -0.3 is 20.6 Å². The molecule has 1 unspecified atom stereocenters. The maximum absolute atomic E-state index is 9.63. The number of nitrogens with two attached hydrogens (primary N) is 1. The van der Waals surface area contributed by atoms with Gasteiger partial charge in [-0.3, -0.25) is 0 Å². The van der Waals surface area contributed by atoms with Gasteiger partial charge in [0.05, 0.1) is 0 Å². The van der Waals surface area contributed by atoms with E-state index in [0.29, 0.717) is 6.42 Å². The van der Waals surface area contributed by atoms with Crippen molar-refractivity contribution in [2.75, 3.05) is 0 Å². The van der Waals surface area contributed by atoms with E-state index in [0.717, 1.165) is 12.8 Å². The van der Waals surface area contributed by atoms with Crippen LogP contribution in [0.5, 0.6) is 0 Å². The first-order valence-corrected chi connectivity index (χ1v) is 11.0. The molecule has 24 heavy (non-hydrogen) atoms. The van der Waals surface area contributed by atoms with Crippen LogP contribution < -0.4 is 5.73 Å². The summed E-state index contributed by atoms with van der Waals surface area (Å²) in [5.41, 5.74) is 8.56. The van der Waals surface area contributed by atoms with Crippen LogP contribution in [0.3, 0.4) is 0 Å². The fourth-order valence-corrected chi connectivity index (χ4v) is 3.32. The Balaban J connectivity index is 2.30. The predicted molar refractivity (Wildman–Crippen MR) is 104 cm³/mol. The van der Waals surface area contributed by atoms with Gasteiger partial charge in [-0.15, -0.1) is 0 Å². The lowest BCUT2D eigenvalue weighted by Crippen LogP contribution is -2.26. The Morgan fingerprint density at radius 3 is 2.08 bits per heavy atom. The van der Waals surface area contributed by atoms with E-state index in [1.54, 1.807) is 0 Å². The molecular weight excluding hydrogens is 321 g/mol. The van der Waals surface area contributed by atoms with Gasteiger partial charge in [-0.25, -0.2) is 0 Å². The highest BCUT2D eigenvalue weighted by molar-refractivity contribution is 7.63. The largest absolute Gasteiger partial charge is 0.384 e. The Kier molecular flexibility index (Phi) is 9.87. The minimum atomic E-state index is -3.46. The molecule has 138 valence electrons. The van der Waals surface area contributed by atoms with E-state index < -0.39 is 13.2 Å². The van der Waals surface area contributed by atoms with E-state index in [-0.39, 0.29) is 12.5 Å². The lowest BCUT2D eigenvalue weighted by Gasteiger charge is -2.21. The van der Waals surface area contributed by atoms with Crippen LogP contribution in [0.1, 0.15) is 63.0 Å². The number of aliphatic hydroxyl groups is 1. The zero-order valence-corrected chi connectivity index (χ0v) is 15.8. The molecular formula is C19H34NO3P. The smallest absolute Gasteiger partial charge is 0.140 e. The highest BCUT2D eigenvalue weighted by Gasteiger charge is 2.21. The van der Waals surface area contributed by atoms with E-state index >= 15 is 0 Å². The molecule has 1 aromatic rings. The first kappa shape index (κ1) is 21.4. The molecule has 1 aromatic carbocycles. The van der Waals surface area contributed by atoms with Crippen LogP contribution in [-0.2, 0) is 12.8 Å². The average Bonchev–Trinajstić information content (AvgIpc) is 2.53. The Morgan fingerprint density at radius 1 is 1.00 bits per heavy atom. The van der Waals surface area contributed by atoms with Gasteiger partial charge in [-0.2, -0.15) is 0 Å². The molecule has 0 fully saturated rings. The van der Waals surface area contributed by atoms with Gasteiger partial charge in [0.15, 0.2) is 0 Å². The van der Waals surface area contributed by atoms with Crippen molar-refractivity contribution in [1.29, 1.82) is 0 Å². The molecule has 0 amide bonds. The first-order valence-electron chi connectivity index (χ1n) is 9.03. The molecule has 0 radical (unpaired) electrons. The second kappa shape index (κ2) is 11.1. The second-order valence-corrected chi connectivity index (χ2v) is 8.95. The fourth-order valence-electron chi connectivity index (χ4n) is 2.71. The summed E-state index contributed by atoms with van der Waals surface area (Å²) in [6.07, 6.45) is 12.5. The van der Waals surface area contributed by atoms with Crippen molar-refractivity contribution in [2.24, 2.45) is 5.73 Å². The minimum absolute atomic E-state index is 0.167. The van der Waals surface area contributed by atoms with E-state index in [9.17, 15) is 14.9 Å². The van der Waals surface area contributed by atoms with Crippen molar-refractivity contribution < 1.29 is 14.9 Å². The van der Waals surface area contributed by atoms with Gasteiger partial charge in [0, 0.05) is 6.04 Å². The van der Waals surface area contributed by atoms with Crippen LogP contribution in [0.4, 0.5) is 0 Å². The molecule has 0 heterocycles. The minimum Gasteiger partial charge on any atom is -0.384 e. The summed E-state index contributed by atoms with van der Waals surface area (Å²) < 4.78 is 0. The van der Waals surface area contributed by atoms with Crippen molar-refractivity contribution >= 4 is 13.6 Å². The Bertz CT molecular complexity index is 498. The molecule has 0 aliphatic rings. The number of benzene rings is 1. The number of aliphatic hydroxyl groups excluding tert-OH is 1. The highest BCUT2D eigenvalue weighted by Crippen LogP contribution is 2.41. The normalized spacial score (nSPS) is 14.5. The molecule has 0 aliphatic heterocycles. The zero-order valence-electron chi connectivity index (χ0n) is 14.9. The number of rotatable bonds is 12. The summed E-state index contributed by atoms with van der Waals surface area (Å²) in [4.78, 5) is 18.6. The number of aryl methyl sites for hydroxylation is 2. The van der Waals surface area contributed by atoms with Gasteiger partial charge in [-0.1, -0.05) is 56.9 Å². The number of unbranched alkanes of at least 4 members (excludes halogenated alkanes) is 4. The molecule has 0 bridgehead atoms. The van der Waals surface area contributed by atoms with Crippen LogP contribution in [0.25, 0.3) is 0 Å². The Hall–Kier alpha value is -0.640. The third-order valence-electron chi connectivity index (χ3n) is 4.39. The quantitative estimate of drug-likeness (QED) is 0.342. The molecule has 4 nitrogen and oxygen atoms in total. The maximum Gasteiger partial charge on any atom is 0.140 e. The summed E-state index contributed by atoms with van der Waals surface area (Å²) in [5.74, 6) is -1.22. The van der Waals surface area contributed by atoms with Crippen molar-refractivity contribution in [1.82, 2.24) is 0 Å². The molecule has 0 spiro atoms. The lowest BCUT2D eigenvalue weighted by atomic mass is 10.0. The van der Waals surface area contributed by atoms with Crippen molar-refractivity contribution in [3.8, 4) is 0 Å². The first-order chi connectivity index (χ1) is 11.3. The monoisotopic (exact) mass is 355 g/mol. The van der Waals surface area contributed by atoms with E-state index in [2.05, 4.69) is 37.5 Å². The van der Waals surface area contributed by atoms with Crippen LogP contribution in [-0.4, -0.2) is 33.1 Å². The molecule has 0 aromatic heterocycles. The Labute approximate surface area is 146 Å². The average molecular weight is 355 g/mol. The maximum atomic E-state index is 9.63. The summed E-state index contributed by atoms with van der Waals surface area (Å²) in [6.45, 7) is 2.23. The third kappa shape index (κ3) is 9.00. The number of hydrogen-bond donors (Lipinski definition) is 4. The van der Waals surface area contributed by atoms with Crippen molar-refractivity contribution in [3.05, 3.63) is 35.4 Å². The molecule has 0 aliphatic carbocycles. The second-order valence-electron chi connectivity index (χ2n) is 6.78. The van der Waals surface area contributed by atoms with Gasteiger partial charge in [0.1, 0.15) is 13.2 Å². The molecule has 1 rings (SSSR count). The van der Waals surface area contributed by atoms with Crippen molar-refractivity contribution in [2.45, 2.75) is 76.6 Å². The van der Waals surface area contributed by atoms with Crippen LogP contribution >= 0.6 is 7.34 Å². The summed E-state index contributed by atoms with van der Waals surface area (Å²) in [6, 6.07) is 8.38. The molecule has 5 heteroatoms. The van der Waals surface area contributed by atoms with Gasteiger partial charge in [-0.05, 0) is 49.5 Å². The number of hydrogen-bond acceptors (Lipinski definition) is 4. The van der Waals surface area contributed by atoms with Gasteiger partial charge >= 0.3 is 0 Å². The summed E-state index contributed by atoms with van der Waals surface area (Å²) in [5, 5.41) is 9.63. The van der Waals surface area contributed by atoms with E-state index in [4.69, 9.17) is 5.73 Å².